The first kappa shape index (κ1) is 20.5. The summed E-state index contributed by atoms with van der Waals surface area (Å²) in [5.74, 6) is -0.109. The van der Waals surface area contributed by atoms with Gasteiger partial charge < -0.3 is 0 Å². The maximum absolute atomic E-state index is 13.3. The van der Waals surface area contributed by atoms with Crippen molar-refractivity contribution in [2.75, 3.05) is 0 Å². The second kappa shape index (κ2) is 7.62. The average Bonchev–Trinajstić information content (AvgIpc) is 3.13. The zero-order valence-corrected chi connectivity index (χ0v) is 19.1. The number of nitrogens with zero attached hydrogens (tertiary/aromatic N) is 4. The Balaban J connectivity index is 1.89. The maximum Gasteiger partial charge on any atom is 0.292 e. The Morgan fingerprint density at radius 1 is 1.03 bits per heavy atom. The number of carbonyl (C=O) groups excluding carboxylic acids is 1. The topological polar surface area (TPSA) is 77.7 Å². The summed E-state index contributed by atoms with van der Waals surface area (Å²) in [6.45, 7) is 5.29. The highest BCUT2D eigenvalue weighted by atomic mass is 35.5. The van der Waals surface area contributed by atoms with E-state index in [0.29, 0.717) is 48.0 Å². The van der Waals surface area contributed by atoms with Gasteiger partial charge in [0.1, 0.15) is 15.0 Å². The predicted molar refractivity (Wildman–Crippen MR) is 128 cm³/mol. The van der Waals surface area contributed by atoms with Crippen LogP contribution in [-0.2, 0) is 0 Å². The van der Waals surface area contributed by atoms with Crippen LogP contribution in [0.2, 0.25) is 5.02 Å². The molecule has 0 aliphatic heterocycles. The summed E-state index contributed by atoms with van der Waals surface area (Å²) in [6.07, 6.45) is 0. The number of fused-ring (bicyclic) bond motifs is 3. The number of carbonyl (C=O) groups is 1. The van der Waals surface area contributed by atoms with Gasteiger partial charge in [0.05, 0.1) is 11.4 Å². The van der Waals surface area contributed by atoms with Gasteiger partial charge in [-0.1, -0.05) is 46.6 Å². The van der Waals surface area contributed by atoms with Gasteiger partial charge in [0.2, 0.25) is 0 Å². The minimum atomic E-state index is -0.272. The largest absolute Gasteiger partial charge is 0.294 e. The normalized spacial score (nSPS) is 11.4. The van der Waals surface area contributed by atoms with Gasteiger partial charge in [0.15, 0.2) is 5.78 Å². The average molecular weight is 461 g/mol. The summed E-state index contributed by atoms with van der Waals surface area (Å²) in [4.78, 5) is 31.2. The summed E-state index contributed by atoms with van der Waals surface area (Å²) in [7, 11) is 0. The first-order valence-corrected chi connectivity index (χ1v) is 11.1. The zero-order valence-electron chi connectivity index (χ0n) is 17.5. The molecule has 3 aromatic heterocycles. The van der Waals surface area contributed by atoms with E-state index in [1.165, 1.54) is 22.9 Å². The molecule has 0 radical (unpaired) electrons. The van der Waals surface area contributed by atoms with Gasteiger partial charge in [-0.15, -0.1) is 16.4 Å². The van der Waals surface area contributed by atoms with E-state index in [1.807, 2.05) is 43.3 Å². The van der Waals surface area contributed by atoms with Gasteiger partial charge in [-0.3, -0.25) is 9.59 Å². The van der Waals surface area contributed by atoms with Crippen molar-refractivity contribution in [1.29, 1.82) is 0 Å². The van der Waals surface area contributed by atoms with Gasteiger partial charge in [0.25, 0.3) is 5.56 Å². The Morgan fingerprint density at radius 3 is 2.38 bits per heavy atom. The van der Waals surface area contributed by atoms with Crippen LogP contribution in [0.1, 0.15) is 28.5 Å². The first-order valence-electron chi connectivity index (χ1n) is 9.92. The smallest absolute Gasteiger partial charge is 0.292 e. The van der Waals surface area contributed by atoms with E-state index in [0.717, 1.165) is 11.1 Å². The molecule has 5 rings (SSSR count). The highest BCUT2D eigenvalue weighted by molar-refractivity contribution is 7.25. The van der Waals surface area contributed by atoms with Crippen LogP contribution in [0, 0.1) is 13.8 Å². The molecule has 158 valence electrons. The predicted octanol–water partition coefficient (Wildman–Crippen LogP) is 5.53. The molecule has 0 amide bonds. The lowest BCUT2D eigenvalue weighted by molar-refractivity contribution is 0.101. The van der Waals surface area contributed by atoms with Crippen LogP contribution < -0.4 is 5.56 Å². The Morgan fingerprint density at radius 2 is 1.72 bits per heavy atom. The second-order valence-electron chi connectivity index (χ2n) is 7.61. The fraction of sp³-hybridized carbons (Fsp3) is 0.125. The molecule has 0 saturated carbocycles. The summed E-state index contributed by atoms with van der Waals surface area (Å²) in [6, 6.07) is 14.8. The van der Waals surface area contributed by atoms with E-state index in [4.69, 9.17) is 11.6 Å². The van der Waals surface area contributed by atoms with E-state index in [1.54, 1.807) is 19.1 Å². The quantitative estimate of drug-likeness (QED) is 0.331. The molecule has 0 unspecified atom stereocenters. The van der Waals surface area contributed by atoms with Crippen molar-refractivity contribution in [2.45, 2.75) is 20.8 Å². The molecule has 0 aliphatic carbocycles. The van der Waals surface area contributed by atoms with Crippen molar-refractivity contribution in [2.24, 2.45) is 0 Å². The number of aryl methyl sites for hydroxylation is 2. The zero-order chi connectivity index (χ0) is 22.6. The first-order chi connectivity index (χ1) is 15.3. The molecular formula is C24H17ClN4O2S. The minimum Gasteiger partial charge on any atom is -0.294 e. The molecule has 6 nitrogen and oxygen atoms in total. The number of pyridine rings is 1. The molecule has 0 saturated heterocycles. The van der Waals surface area contributed by atoms with E-state index >= 15 is 0 Å². The van der Waals surface area contributed by atoms with Crippen molar-refractivity contribution in [3.8, 4) is 16.8 Å². The second-order valence-corrected chi connectivity index (χ2v) is 9.05. The molecule has 0 spiro atoms. The van der Waals surface area contributed by atoms with Gasteiger partial charge >= 0.3 is 0 Å². The number of Topliss-reactive ketones (excluding diaryl/α,β-unsaturated/α-hetero) is 1. The monoisotopic (exact) mass is 460 g/mol. The highest BCUT2D eigenvalue weighted by Crippen LogP contribution is 2.40. The van der Waals surface area contributed by atoms with Crippen LogP contribution >= 0.6 is 22.9 Å². The number of hydrogen-bond donors (Lipinski definition) is 0. The van der Waals surface area contributed by atoms with Crippen LogP contribution in [0.5, 0.6) is 0 Å². The highest BCUT2D eigenvalue weighted by Gasteiger charge is 2.24. The lowest BCUT2D eigenvalue weighted by Gasteiger charge is -2.12. The summed E-state index contributed by atoms with van der Waals surface area (Å²) < 4.78 is 1.73. The number of ketones is 1. The Labute approximate surface area is 192 Å². The number of halogens is 1. The molecule has 0 aliphatic rings. The molecule has 2 aromatic carbocycles. The summed E-state index contributed by atoms with van der Waals surface area (Å²) in [5.41, 5.74) is 4.51. The Hall–Kier alpha value is -3.42. The van der Waals surface area contributed by atoms with Gasteiger partial charge in [-0.2, -0.15) is 4.68 Å². The number of rotatable bonds is 3. The fourth-order valence-electron chi connectivity index (χ4n) is 3.89. The molecule has 0 atom stereocenters. The Bertz CT molecular complexity index is 1590. The third kappa shape index (κ3) is 3.21. The van der Waals surface area contributed by atoms with Crippen LogP contribution in [0.4, 0.5) is 0 Å². The maximum atomic E-state index is 13.3. The number of hydrogen-bond acceptors (Lipinski definition) is 6. The Kier molecular flexibility index (Phi) is 4.87. The van der Waals surface area contributed by atoms with E-state index in [9.17, 15) is 9.59 Å². The molecule has 8 heteroatoms. The number of thiophene rings is 1. The van der Waals surface area contributed by atoms with E-state index in [2.05, 4.69) is 15.3 Å². The molecule has 5 aromatic rings. The molecule has 0 N–H and O–H groups in total. The SMILES string of the molecule is CC(=O)c1c(C)nc2sc3c(=O)n(-c4ccc(C)cc4)nnc3c2c1-c1ccc(Cl)cc1. The van der Waals surface area contributed by atoms with Crippen molar-refractivity contribution in [3.05, 3.63) is 80.7 Å². The molecule has 32 heavy (non-hydrogen) atoms. The lowest BCUT2D eigenvalue weighted by atomic mass is 9.94. The number of aromatic nitrogens is 4. The minimum absolute atomic E-state index is 0.109. The molecule has 0 fully saturated rings. The van der Waals surface area contributed by atoms with Crippen LogP contribution in [0.3, 0.4) is 0 Å². The van der Waals surface area contributed by atoms with Gasteiger partial charge in [-0.25, -0.2) is 4.98 Å². The molecular weight excluding hydrogens is 444 g/mol. The summed E-state index contributed by atoms with van der Waals surface area (Å²) in [5, 5.41) is 9.86. The summed E-state index contributed by atoms with van der Waals surface area (Å²) >= 11 is 7.35. The van der Waals surface area contributed by atoms with Crippen LogP contribution in [0.25, 0.3) is 37.2 Å². The van der Waals surface area contributed by atoms with Crippen molar-refractivity contribution >= 4 is 49.2 Å². The van der Waals surface area contributed by atoms with Crippen molar-refractivity contribution in [3.63, 3.8) is 0 Å². The van der Waals surface area contributed by atoms with Crippen LogP contribution in [-0.4, -0.2) is 25.8 Å². The van der Waals surface area contributed by atoms with Gasteiger partial charge in [0, 0.05) is 21.5 Å². The van der Waals surface area contributed by atoms with Crippen molar-refractivity contribution < 1.29 is 4.79 Å². The molecule has 3 heterocycles. The number of benzene rings is 2. The third-order valence-corrected chi connectivity index (χ3v) is 6.69. The third-order valence-electron chi connectivity index (χ3n) is 5.38. The van der Waals surface area contributed by atoms with Gasteiger partial charge in [-0.05, 0) is 50.6 Å². The fourth-order valence-corrected chi connectivity index (χ4v) is 5.10. The standard InChI is InChI=1S/C24H17ClN4O2S/c1-12-4-10-17(11-5-12)29-24(31)22-21(27-28-29)20-19(15-6-8-16(25)9-7-15)18(14(3)30)13(2)26-23(20)32-22/h4-11H,1-3H3. The molecule has 0 bridgehead atoms. The van der Waals surface area contributed by atoms with E-state index < -0.39 is 0 Å². The van der Waals surface area contributed by atoms with Crippen molar-refractivity contribution in [1.82, 2.24) is 20.0 Å². The van der Waals surface area contributed by atoms with Crippen LogP contribution in [0.15, 0.2) is 53.3 Å². The van der Waals surface area contributed by atoms with E-state index in [-0.39, 0.29) is 11.3 Å². The lowest BCUT2D eigenvalue weighted by Crippen LogP contribution is -2.21.